The third-order valence-corrected chi connectivity index (χ3v) is 21.9. The van der Waals surface area contributed by atoms with Gasteiger partial charge in [0.05, 0.1) is 16.1 Å². The molecule has 0 N–H and O–H groups in total. The molecule has 0 amide bonds. The van der Waals surface area contributed by atoms with Crippen molar-refractivity contribution in [1.82, 2.24) is 0 Å². The lowest BCUT2D eigenvalue weighted by atomic mass is 9.69. The molecule has 3 rings (SSSR count). The Morgan fingerprint density at radius 2 is 0.647 bits per heavy atom. The summed E-state index contributed by atoms with van der Waals surface area (Å²) in [4.78, 5) is 3.55. The molecule has 0 unspecified atom stereocenters. The van der Waals surface area contributed by atoms with Crippen molar-refractivity contribution in [2.75, 3.05) is 0 Å². The molecule has 0 fully saturated rings. The molecule has 0 spiro atoms. The Hall–Kier alpha value is -0.166. The molecule has 2 aromatic rings. The summed E-state index contributed by atoms with van der Waals surface area (Å²) in [7, 11) is -2.95. The van der Waals surface area contributed by atoms with Crippen molar-refractivity contribution >= 4 is 47.8 Å². The average molecular weight is 772 g/mol. The largest absolute Gasteiger partial charge is 0.143 e. The Kier molecular flexibility index (Phi) is 20.4. The van der Waals surface area contributed by atoms with Crippen LogP contribution in [0.3, 0.4) is 0 Å². The van der Waals surface area contributed by atoms with Gasteiger partial charge in [0.25, 0.3) is 0 Å². The molecule has 1 aliphatic rings. The van der Waals surface area contributed by atoms with Gasteiger partial charge in [0.1, 0.15) is 0 Å². The van der Waals surface area contributed by atoms with Crippen LogP contribution in [-0.4, -0.2) is 16.1 Å². The van der Waals surface area contributed by atoms with Gasteiger partial charge in [-0.3, -0.25) is 0 Å². The van der Waals surface area contributed by atoms with E-state index in [4.69, 9.17) is 0 Å². The molecule has 51 heavy (non-hydrogen) atoms. The van der Waals surface area contributed by atoms with Crippen LogP contribution in [0.25, 0.3) is 9.75 Å². The van der Waals surface area contributed by atoms with Gasteiger partial charge in [0.2, 0.25) is 0 Å². The molecule has 0 saturated heterocycles. The number of hydrogen-bond acceptors (Lipinski definition) is 2. The van der Waals surface area contributed by atoms with E-state index in [0.29, 0.717) is 0 Å². The maximum Gasteiger partial charge on any atom is 0.0908 e. The molecular weight excluding hydrogens is 685 g/mol. The molecule has 0 aromatic carbocycles. The first-order valence-corrected chi connectivity index (χ1v) is 31.4. The van der Waals surface area contributed by atoms with Crippen LogP contribution >= 0.6 is 22.7 Å². The fourth-order valence-electron chi connectivity index (χ4n) is 9.24. The Balaban J connectivity index is 1.93. The van der Waals surface area contributed by atoms with E-state index < -0.39 is 16.1 Å². The van der Waals surface area contributed by atoms with Crippen molar-refractivity contribution in [3.8, 4) is 9.75 Å². The first kappa shape index (κ1) is 45.2. The van der Waals surface area contributed by atoms with E-state index in [2.05, 4.69) is 89.7 Å². The first-order chi connectivity index (χ1) is 24.5. The molecule has 0 bridgehead atoms. The van der Waals surface area contributed by atoms with Gasteiger partial charge in [-0.15, -0.1) is 22.7 Å². The summed E-state index contributed by atoms with van der Waals surface area (Å²) in [5, 5.41) is 0. The Labute approximate surface area is 330 Å². The molecule has 0 radical (unpaired) electrons. The molecule has 0 aliphatic heterocycles. The smallest absolute Gasteiger partial charge is 0.0908 e. The van der Waals surface area contributed by atoms with Crippen molar-refractivity contribution in [2.45, 2.75) is 252 Å². The van der Waals surface area contributed by atoms with E-state index in [1.165, 1.54) is 180 Å². The Bertz CT molecular complexity index is 1140. The lowest BCUT2D eigenvalue weighted by Crippen LogP contribution is -2.40. The highest BCUT2D eigenvalue weighted by molar-refractivity contribution is 7.34. The van der Waals surface area contributed by atoms with Gasteiger partial charge in [-0.25, -0.2) is 0 Å². The summed E-state index contributed by atoms with van der Waals surface area (Å²) in [6.07, 6.45) is 39.4. The highest BCUT2D eigenvalue weighted by Gasteiger charge is 2.50. The Morgan fingerprint density at radius 3 is 0.922 bits per heavy atom. The van der Waals surface area contributed by atoms with E-state index in [1.807, 2.05) is 31.3 Å². The first-order valence-electron chi connectivity index (χ1n) is 22.8. The molecule has 294 valence electrons. The molecule has 2 heterocycles. The second kappa shape index (κ2) is 23.0. The quantitative estimate of drug-likeness (QED) is 0.0548. The van der Waals surface area contributed by atoms with Crippen LogP contribution in [0.5, 0.6) is 0 Å². The maximum atomic E-state index is 2.65. The lowest BCUT2D eigenvalue weighted by Gasteiger charge is -2.35. The van der Waals surface area contributed by atoms with Crippen molar-refractivity contribution in [1.29, 1.82) is 0 Å². The monoisotopic (exact) mass is 771 g/mol. The van der Waals surface area contributed by atoms with Crippen molar-refractivity contribution in [3.63, 3.8) is 0 Å². The summed E-state index contributed by atoms with van der Waals surface area (Å²) in [5.74, 6) is 0. The lowest BCUT2D eigenvalue weighted by molar-refractivity contribution is 0.410. The average Bonchev–Trinajstić information content (AvgIpc) is 3.73. The zero-order valence-electron chi connectivity index (χ0n) is 36.1. The van der Waals surface area contributed by atoms with E-state index >= 15 is 0 Å². The second-order valence-electron chi connectivity index (χ2n) is 18.9. The molecule has 0 atom stereocenters. The van der Waals surface area contributed by atoms with Gasteiger partial charge in [0, 0.05) is 15.2 Å². The molecular formula is C47H86S2Si2. The predicted molar refractivity (Wildman–Crippen MR) is 245 cm³/mol. The Morgan fingerprint density at radius 1 is 0.373 bits per heavy atom. The summed E-state index contributed by atoms with van der Waals surface area (Å²) in [6.45, 7) is 25.4. The van der Waals surface area contributed by atoms with Crippen LogP contribution in [0.4, 0.5) is 0 Å². The van der Waals surface area contributed by atoms with Crippen LogP contribution in [0.1, 0.15) is 217 Å². The summed E-state index contributed by atoms with van der Waals surface area (Å²) in [5.41, 5.74) is 7.82. The zero-order chi connectivity index (χ0) is 37.3. The second-order valence-corrected chi connectivity index (χ2v) is 31.6. The SMILES string of the molecule is CCCCCCCCCCCCc1c([Si](C)(C)C)sc2c1C(CCCC)(CCCC)c1c-2sc([Si](C)(C)C)c1CCCCCCCCCCCC. The molecule has 0 saturated carbocycles. The number of fused-ring (bicyclic) bond motifs is 3. The van der Waals surface area contributed by atoms with Gasteiger partial charge >= 0.3 is 0 Å². The van der Waals surface area contributed by atoms with Crippen LogP contribution in [-0.2, 0) is 18.3 Å². The van der Waals surface area contributed by atoms with Crippen molar-refractivity contribution < 1.29 is 0 Å². The normalized spacial score (nSPS) is 14.1. The van der Waals surface area contributed by atoms with Crippen molar-refractivity contribution in [3.05, 3.63) is 22.3 Å². The molecule has 2 aromatic heterocycles. The van der Waals surface area contributed by atoms with Crippen LogP contribution in [0.15, 0.2) is 0 Å². The third kappa shape index (κ3) is 13.0. The van der Waals surface area contributed by atoms with Gasteiger partial charge < -0.3 is 0 Å². The number of unbranched alkanes of at least 4 members (excludes halogenated alkanes) is 20. The van der Waals surface area contributed by atoms with E-state index in [9.17, 15) is 0 Å². The summed E-state index contributed by atoms with van der Waals surface area (Å²) >= 11 is 4.63. The number of rotatable bonds is 30. The standard InChI is InChI=1S/C47H86S2Si2/c1-11-15-19-21-23-25-27-29-31-33-35-39-41-43(48-45(39)50(5,6)7)44-42(47(41,37-17-13-3)38-18-14-4)40(46(49-44)51(8,9)10)36-34-32-30-28-26-24-22-20-16-12-2/h11-38H2,1-10H3. The predicted octanol–water partition coefficient (Wildman–Crippen LogP) is 16.5. The highest BCUT2D eigenvalue weighted by atomic mass is 32.1. The summed E-state index contributed by atoms with van der Waals surface area (Å²) in [6, 6.07) is 0. The fourth-order valence-corrected chi connectivity index (χ4v) is 17.2. The molecule has 0 nitrogen and oxygen atoms in total. The summed E-state index contributed by atoms with van der Waals surface area (Å²) < 4.78 is 3.73. The minimum atomic E-state index is -1.47. The molecule has 1 aliphatic carbocycles. The highest BCUT2D eigenvalue weighted by Crippen LogP contribution is 2.60. The van der Waals surface area contributed by atoms with E-state index in [-0.39, 0.29) is 5.41 Å². The zero-order valence-corrected chi connectivity index (χ0v) is 39.7. The van der Waals surface area contributed by atoms with Gasteiger partial charge in [0.15, 0.2) is 0 Å². The van der Waals surface area contributed by atoms with Gasteiger partial charge in [-0.2, -0.15) is 0 Å². The topological polar surface area (TPSA) is 0 Å². The van der Waals surface area contributed by atoms with Gasteiger partial charge in [-0.1, -0.05) is 208 Å². The molecule has 4 heteroatoms. The van der Waals surface area contributed by atoms with Crippen LogP contribution in [0.2, 0.25) is 39.3 Å². The number of hydrogen-bond donors (Lipinski definition) is 0. The van der Waals surface area contributed by atoms with Crippen molar-refractivity contribution in [2.24, 2.45) is 0 Å². The van der Waals surface area contributed by atoms with Crippen LogP contribution in [0, 0.1) is 0 Å². The van der Waals surface area contributed by atoms with E-state index in [0.717, 1.165) is 0 Å². The third-order valence-electron chi connectivity index (χ3n) is 12.0. The van der Waals surface area contributed by atoms with Crippen LogP contribution < -0.4 is 9.00 Å². The maximum absolute atomic E-state index is 2.65. The van der Waals surface area contributed by atoms with Gasteiger partial charge in [-0.05, 0) is 69.8 Å². The van der Waals surface area contributed by atoms with E-state index in [1.54, 1.807) is 9.75 Å². The minimum absolute atomic E-state index is 0.265. The minimum Gasteiger partial charge on any atom is -0.143 e. The fraction of sp³-hybridized carbons (Fsp3) is 0.830. The number of thiophene rings is 2.